The Hall–Kier alpha value is -3.15. The predicted molar refractivity (Wildman–Crippen MR) is 106 cm³/mol. The molecule has 6 heteroatoms. The summed E-state index contributed by atoms with van der Waals surface area (Å²) in [5, 5.41) is 11.8. The van der Waals surface area contributed by atoms with Crippen LogP contribution in [-0.4, -0.2) is 36.0 Å². The van der Waals surface area contributed by atoms with Gasteiger partial charge in [-0.05, 0) is 55.2 Å². The van der Waals surface area contributed by atoms with E-state index in [4.69, 9.17) is 5.11 Å². The number of rotatable bonds is 6. The van der Waals surface area contributed by atoms with Gasteiger partial charge in [-0.1, -0.05) is 24.3 Å². The molecule has 0 bridgehead atoms. The highest BCUT2D eigenvalue weighted by Gasteiger charge is 2.35. The summed E-state index contributed by atoms with van der Waals surface area (Å²) in [6.07, 6.45) is 0.819. The number of carboxylic acids is 1. The number of aryl methyl sites for hydroxylation is 1. The molecule has 28 heavy (non-hydrogen) atoms. The molecule has 0 radical (unpaired) electrons. The van der Waals surface area contributed by atoms with Crippen molar-refractivity contribution >= 4 is 23.5 Å². The summed E-state index contributed by atoms with van der Waals surface area (Å²) >= 11 is 0. The Balaban J connectivity index is 1.54. The number of benzene rings is 2. The number of hydrogen-bond acceptors (Lipinski definition) is 3. The fourth-order valence-corrected chi connectivity index (χ4v) is 3.43. The molecule has 2 N–H and O–H groups in total. The molecule has 3 rings (SSSR count). The highest BCUT2D eigenvalue weighted by molar-refractivity contribution is 6.00. The summed E-state index contributed by atoms with van der Waals surface area (Å²) in [5.41, 5.74) is 4.24. The Kier molecular flexibility index (Phi) is 5.78. The van der Waals surface area contributed by atoms with E-state index >= 15 is 0 Å². The van der Waals surface area contributed by atoms with Gasteiger partial charge in [0.05, 0.1) is 11.5 Å². The van der Waals surface area contributed by atoms with Crippen LogP contribution in [0.15, 0.2) is 42.5 Å². The maximum absolute atomic E-state index is 12.5. The van der Waals surface area contributed by atoms with E-state index in [-0.39, 0.29) is 29.7 Å². The second-order valence-electron chi connectivity index (χ2n) is 7.17. The SMILES string of the molecule is Cc1cccc(N2CC(C(=O)NCCc3ccc(C(=O)O)cc3)CC2=O)c1C. The van der Waals surface area contributed by atoms with Gasteiger partial charge in [0.25, 0.3) is 0 Å². The number of anilines is 1. The van der Waals surface area contributed by atoms with Crippen molar-refractivity contribution in [3.8, 4) is 0 Å². The monoisotopic (exact) mass is 380 g/mol. The molecule has 1 unspecified atom stereocenters. The van der Waals surface area contributed by atoms with Crippen LogP contribution in [-0.2, 0) is 16.0 Å². The van der Waals surface area contributed by atoms with Crippen LogP contribution in [0, 0.1) is 19.8 Å². The number of carbonyl (C=O) groups excluding carboxylic acids is 2. The first kappa shape index (κ1) is 19.6. The molecule has 0 spiro atoms. The van der Waals surface area contributed by atoms with Gasteiger partial charge in [-0.3, -0.25) is 9.59 Å². The minimum absolute atomic E-state index is 0.0295. The number of nitrogens with one attached hydrogen (secondary N) is 1. The quantitative estimate of drug-likeness (QED) is 0.807. The molecule has 1 aliphatic rings. The fraction of sp³-hybridized carbons (Fsp3) is 0.318. The molecule has 0 saturated carbocycles. The van der Waals surface area contributed by atoms with E-state index in [1.165, 1.54) is 0 Å². The van der Waals surface area contributed by atoms with Crippen LogP contribution in [0.5, 0.6) is 0 Å². The van der Waals surface area contributed by atoms with Crippen molar-refractivity contribution in [3.05, 3.63) is 64.7 Å². The number of carboxylic acid groups (broad SMARTS) is 1. The normalized spacial score (nSPS) is 16.3. The molecule has 1 aliphatic heterocycles. The Bertz CT molecular complexity index is 905. The van der Waals surface area contributed by atoms with Crippen LogP contribution >= 0.6 is 0 Å². The second-order valence-corrected chi connectivity index (χ2v) is 7.17. The molecular formula is C22H24N2O4. The Morgan fingerprint density at radius 2 is 1.86 bits per heavy atom. The Labute approximate surface area is 164 Å². The smallest absolute Gasteiger partial charge is 0.335 e. The minimum Gasteiger partial charge on any atom is -0.478 e. The first-order valence-electron chi connectivity index (χ1n) is 9.33. The van der Waals surface area contributed by atoms with Crippen LogP contribution in [0.25, 0.3) is 0 Å². The largest absolute Gasteiger partial charge is 0.478 e. The van der Waals surface area contributed by atoms with Gasteiger partial charge in [-0.25, -0.2) is 4.79 Å². The summed E-state index contributed by atoms with van der Waals surface area (Å²) in [4.78, 5) is 37.5. The maximum atomic E-state index is 12.5. The van der Waals surface area contributed by atoms with Crippen molar-refractivity contribution in [2.24, 2.45) is 5.92 Å². The lowest BCUT2D eigenvalue weighted by Gasteiger charge is -2.20. The van der Waals surface area contributed by atoms with Gasteiger partial charge in [0, 0.05) is 25.2 Å². The average molecular weight is 380 g/mol. The Morgan fingerprint density at radius 1 is 1.14 bits per heavy atom. The molecule has 1 saturated heterocycles. The van der Waals surface area contributed by atoms with Crippen LogP contribution < -0.4 is 10.2 Å². The lowest BCUT2D eigenvalue weighted by molar-refractivity contribution is -0.126. The Morgan fingerprint density at radius 3 is 2.54 bits per heavy atom. The van der Waals surface area contributed by atoms with E-state index in [1.807, 2.05) is 32.0 Å². The molecule has 1 heterocycles. The number of hydrogen-bond donors (Lipinski definition) is 2. The van der Waals surface area contributed by atoms with Crippen molar-refractivity contribution in [1.29, 1.82) is 0 Å². The molecule has 1 atom stereocenters. The van der Waals surface area contributed by atoms with E-state index in [0.717, 1.165) is 22.4 Å². The average Bonchev–Trinajstić information content (AvgIpc) is 3.06. The lowest BCUT2D eigenvalue weighted by Crippen LogP contribution is -2.34. The van der Waals surface area contributed by atoms with Crippen molar-refractivity contribution in [2.75, 3.05) is 18.0 Å². The lowest BCUT2D eigenvalue weighted by atomic mass is 10.1. The van der Waals surface area contributed by atoms with Crippen molar-refractivity contribution in [1.82, 2.24) is 5.32 Å². The van der Waals surface area contributed by atoms with Gasteiger partial charge in [-0.2, -0.15) is 0 Å². The minimum atomic E-state index is -0.959. The number of nitrogens with zero attached hydrogens (tertiary/aromatic N) is 1. The van der Waals surface area contributed by atoms with Gasteiger partial charge >= 0.3 is 5.97 Å². The van der Waals surface area contributed by atoms with Crippen LogP contribution in [0.3, 0.4) is 0 Å². The van der Waals surface area contributed by atoms with Crippen LogP contribution in [0.2, 0.25) is 0 Å². The molecule has 146 valence electrons. The standard InChI is InChI=1S/C22H24N2O4/c1-14-4-3-5-19(15(14)2)24-13-18(12-20(24)25)21(26)23-11-10-16-6-8-17(9-7-16)22(27)28/h3-9,18H,10-13H2,1-2H3,(H,23,26)(H,27,28). The third-order valence-electron chi connectivity index (χ3n) is 5.28. The van der Waals surface area contributed by atoms with Gasteiger partial charge in [0.15, 0.2) is 0 Å². The summed E-state index contributed by atoms with van der Waals surface area (Å²) in [7, 11) is 0. The topological polar surface area (TPSA) is 86.7 Å². The zero-order chi connectivity index (χ0) is 20.3. The predicted octanol–water partition coefficient (Wildman–Crippen LogP) is 2.71. The second kappa shape index (κ2) is 8.25. The van der Waals surface area contributed by atoms with E-state index in [1.54, 1.807) is 29.2 Å². The fourth-order valence-electron chi connectivity index (χ4n) is 3.43. The maximum Gasteiger partial charge on any atom is 0.335 e. The zero-order valence-electron chi connectivity index (χ0n) is 16.1. The van der Waals surface area contributed by atoms with E-state index in [2.05, 4.69) is 5.32 Å². The zero-order valence-corrected chi connectivity index (χ0v) is 16.1. The van der Waals surface area contributed by atoms with Crippen LogP contribution in [0.4, 0.5) is 5.69 Å². The first-order chi connectivity index (χ1) is 13.4. The third kappa shape index (κ3) is 4.22. The summed E-state index contributed by atoms with van der Waals surface area (Å²) in [6, 6.07) is 12.4. The third-order valence-corrected chi connectivity index (χ3v) is 5.28. The molecule has 2 amide bonds. The molecule has 2 aromatic carbocycles. The first-order valence-corrected chi connectivity index (χ1v) is 9.33. The highest BCUT2D eigenvalue weighted by Crippen LogP contribution is 2.29. The molecular weight excluding hydrogens is 356 g/mol. The number of carbonyl (C=O) groups is 3. The van der Waals surface area contributed by atoms with Crippen molar-refractivity contribution in [3.63, 3.8) is 0 Å². The molecule has 2 aromatic rings. The van der Waals surface area contributed by atoms with Gasteiger partial charge in [0.2, 0.25) is 11.8 Å². The molecule has 6 nitrogen and oxygen atoms in total. The van der Waals surface area contributed by atoms with Crippen molar-refractivity contribution in [2.45, 2.75) is 26.7 Å². The van der Waals surface area contributed by atoms with Gasteiger partial charge in [0.1, 0.15) is 0 Å². The summed E-state index contributed by atoms with van der Waals surface area (Å²) < 4.78 is 0. The van der Waals surface area contributed by atoms with Crippen molar-refractivity contribution < 1.29 is 19.5 Å². The number of aromatic carboxylic acids is 1. The molecule has 0 aromatic heterocycles. The number of amides is 2. The molecule has 0 aliphatic carbocycles. The summed E-state index contributed by atoms with van der Waals surface area (Å²) in [5.74, 6) is -1.47. The van der Waals surface area contributed by atoms with Crippen LogP contribution in [0.1, 0.15) is 33.5 Å². The molecule has 1 fully saturated rings. The van der Waals surface area contributed by atoms with Gasteiger partial charge < -0.3 is 15.3 Å². The van der Waals surface area contributed by atoms with E-state index in [9.17, 15) is 14.4 Å². The van der Waals surface area contributed by atoms with E-state index < -0.39 is 5.97 Å². The highest BCUT2D eigenvalue weighted by atomic mass is 16.4. The summed E-state index contributed by atoms with van der Waals surface area (Å²) in [6.45, 7) is 4.83. The van der Waals surface area contributed by atoms with E-state index in [0.29, 0.717) is 19.5 Å². The van der Waals surface area contributed by atoms with Gasteiger partial charge in [-0.15, -0.1) is 0 Å².